The van der Waals surface area contributed by atoms with Crippen molar-refractivity contribution in [2.45, 2.75) is 31.5 Å². The molecule has 1 fully saturated rings. The summed E-state index contributed by atoms with van der Waals surface area (Å²) >= 11 is 0. The third-order valence-corrected chi connectivity index (χ3v) is 5.51. The zero-order chi connectivity index (χ0) is 17.6. The second kappa shape index (κ2) is 5.92. The lowest BCUT2D eigenvalue weighted by molar-refractivity contribution is 0.102. The van der Waals surface area contributed by atoms with Crippen LogP contribution in [0.4, 0.5) is 0 Å². The Kier molecular flexibility index (Phi) is 3.53. The number of fused-ring (bicyclic) bond motifs is 1. The second-order valence-electron chi connectivity index (χ2n) is 7.03. The summed E-state index contributed by atoms with van der Waals surface area (Å²) in [6.45, 7) is 3.63. The number of rotatable bonds is 3. The Morgan fingerprint density at radius 3 is 3.00 bits per heavy atom. The minimum atomic E-state index is -0.425. The maximum atomic E-state index is 5.64. The van der Waals surface area contributed by atoms with Gasteiger partial charge in [0.2, 0.25) is 6.79 Å². The molecule has 4 heterocycles. The van der Waals surface area contributed by atoms with Gasteiger partial charge in [0.1, 0.15) is 17.8 Å². The molecule has 0 amide bonds. The van der Waals surface area contributed by atoms with E-state index in [1.54, 1.807) is 6.20 Å². The van der Waals surface area contributed by atoms with E-state index < -0.39 is 5.66 Å². The second-order valence-corrected chi connectivity index (χ2v) is 7.03. The van der Waals surface area contributed by atoms with Crippen LogP contribution >= 0.6 is 0 Å². The first-order valence-electron chi connectivity index (χ1n) is 9.09. The molecule has 0 saturated carbocycles. The van der Waals surface area contributed by atoms with Gasteiger partial charge >= 0.3 is 0 Å². The van der Waals surface area contributed by atoms with E-state index in [0.29, 0.717) is 6.04 Å². The zero-order valence-electron chi connectivity index (χ0n) is 14.8. The maximum absolute atomic E-state index is 5.64. The van der Waals surface area contributed by atoms with Gasteiger partial charge in [-0.1, -0.05) is 12.1 Å². The summed E-state index contributed by atoms with van der Waals surface area (Å²) in [4.78, 5) is 6.72. The molecule has 134 valence electrons. The molecule has 3 aliphatic rings. The molecule has 6 nitrogen and oxygen atoms in total. The van der Waals surface area contributed by atoms with Gasteiger partial charge in [0.25, 0.3) is 0 Å². The highest BCUT2D eigenvalue weighted by Gasteiger charge is 2.43. The number of hydrogen-bond donors (Lipinski definition) is 1. The molecule has 1 aromatic carbocycles. The fourth-order valence-corrected chi connectivity index (χ4v) is 4.20. The summed E-state index contributed by atoms with van der Waals surface area (Å²) < 4.78 is 13.1. The Morgan fingerprint density at radius 1 is 1.27 bits per heavy atom. The van der Waals surface area contributed by atoms with Crippen LogP contribution < -0.4 is 14.8 Å². The fraction of sp³-hybridized carbons (Fsp3) is 0.350. The lowest BCUT2D eigenvalue weighted by Gasteiger charge is -2.45. The number of allylic oxidation sites excluding steroid dienone is 2. The minimum absolute atomic E-state index is 0.287. The average Bonchev–Trinajstić information content (AvgIpc) is 3.42. The summed E-state index contributed by atoms with van der Waals surface area (Å²) in [5.41, 5.74) is 0.725. The van der Waals surface area contributed by atoms with E-state index in [0.717, 1.165) is 29.4 Å². The Labute approximate surface area is 152 Å². The third kappa shape index (κ3) is 2.33. The van der Waals surface area contributed by atoms with Gasteiger partial charge in [-0.3, -0.25) is 9.47 Å². The summed E-state index contributed by atoms with van der Waals surface area (Å²) in [7, 11) is 0. The summed E-state index contributed by atoms with van der Waals surface area (Å²) in [6.07, 6.45) is 14.4. The number of benzene rings is 1. The smallest absolute Gasteiger partial charge is 0.231 e. The summed E-state index contributed by atoms with van der Waals surface area (Å²) in [5, 5.41) is 3.78. The molecule has 1 saturated heterocycles. The normalized spacial score (nSPS) is 27.4. The largest absolute Gasteiger partial charge is 0.454 e. The van der Waals surface area contributed by atoms with Crippen LogP contribution in [0.2, 0.25) is 0 Å². The van der Waals surface area contributed by atoms with E-state index in [-0.39, 0.29) is 6.79 Å². The maximum Gasteiger partial charge on any atom is 0.231 e. The number of imidazole rings is 1. The quantitative estimate of drug-likeness (QED) is 0.922. The first-order valence-corrected chi connectivity index (χ1v) is 9.09. The highest BCUT2D eigenvalue weighted by atomic mass is 16.7. The number of ether oxygens (including phenoxy) is 2. The number of nitrogens with one attached hydrogen (secondary N) is 1. The van der Waals surface area contributed by atoms with Crippen LogP contribution in [0.3, 0.4) is 0 Å². The number of likely N-dealkylation sites (tertiary alicyclic amines) is 1. The van der Waals surface area contributed by atoms with Crippen molar-refractivity contribution in [3.05, 3.63) is 60.7 Å². The molecule has 5 rings (SSSR count). The molecular formula is C20H22N4O2. The van der Waals surface area contributed by atoms with Gasteiger partial charge in [0.05, 0.1) is 0 Å². The van der Waals surface area contributed by atoms with Crippen molar-refractivity contribution >= 4 is 5.82 Å². The standard InChI is InChI=1S/C20H22N4O2/c1-15-4-3-10-24(15)20(16-6-7-17-18(12-16)26-14-25-17)8-2-5-19(22-20)23-11-9-21-13-23/h2,5-9,11-13,15,22H,3-4,10,14H2,1H3. The topological polar surface area (TPSA) is 51.6 Å². The van der Waals surface area contributed by atoms with Crippen molar-refractivity contribution in [2.75, 3.05) is 13.3 Å². The van der Waals surface area contributed by atoms with Crippen LogP contribution in [0.5, 0.6) is 11.5 Å². The monoisotopic (exact) mass is 350 g/mol. The number of aromatic nitrogens is 2. The van der Waals surface area contributed by atoms with E-state index in [1.807, 2.05) is 23.2 Å². The third-order valence-electron chi connectivity index (χ3n) is 5.51. The molecule has 3 aliphatic heterocycles. The Bertz CT molecular complexity index is 874. The molecule has 1 N–H and O–H groups in total. The van der Waals surface area contributed by atoms with Gasteiger partial charge in [-0.25, -0.2) is 4.98 Å². The predicted molar refractivity (Wildman–Crippen MR) is 98.4 cm³/mol. The van der Waals surface area contributed by atoms with Crippen LogP contribution in [0.1, 0.15) is 25.3 Å². The SMILES string of the molecule is CC1CCCN1C1(c2ccc3c(c2)OCO3)C=CC=C(n2ccnc2)N1. The summed E-state index contributed by atoms with van der Waals surface area (Å²) in [6, 6.07) is 6.72. The van der Waals surface area contributed by atoms with Crippen LogP contribution in [-0.2, 0) is 5.66 Å². The molecule has 1 aromatic heterocycles. The molecule has 6 heteroatoms. The number of nitrogens with zero attached hydrogens (tertiary/aromatic N) is 3. The van der Waals surface area contributed by atoms with Crippen molar-refractivity contribution < 1.29 is 9.47 Å². The summed E-state index contributed by atoms with van der Waals surface area (Å²) in [5.74, 6) is 2.62. The highest BCUT2D eigenvalue weighted by Crippen LogP contribution is 2.41. The first-order chi connectivity index (χ1) is 12.8. The Hall–Kier alpha value is -2.73. The molecule has 2 atom stereocenters. The Morgan fingerprint density at radius 2 is 2.19 bits per heavy atom. The van der Waals surface area contributed by atoms with E-state index in [2.05, 4.69) is 52.5 Å². The molecule has 0 spiro atoms. The fourth-order valence-electron chi connectivity index (χ4n) is 4.20. The molecule has 2 unspecified atom stereocenters. The van der Waals surface area contributed by atoms with Crippen LogP contribution in [0, 0.1) is 0 Å². The zero-order valence-corrected chi connectivity index (χ0v) is 14.8. The molecule has 0 aliphatic carbocycles. The lowest BCUT2D eigenvalue weighted by atomic mass is 9.93. The van der Waals surface area contributed by atoms with Crippen molar-refractivity contribution in [2.24, 2.45) is 0 Å². The molecule has 2 aromatic rings. The van der Waals surface area contributed by atoms with Crippen LogP contribution in [-0.4, -0.2) is 33.8 Å². The van der Waals surface area contributed by atoms with Gasteiger partial charge < -0.3 is 14.8 Å². The highest BCUT2D eigenvalue weighted by molar-refractivity contribution is 5.55. The lowest BCUT2D eigenvalue weighted by Crippen LogP contribution is -2.56. The van der Waals surface area contributed by atoms with E-state index in [4.69, 9.17) is 9.47 Å². The molecule has 0 bridgehead atoms. The van der Waals surface area contributed by atoms with Crippen molar-refractivity contribution in [1.29, 1.82) is 0 Å². The van der Waals surface area contributed by atoms with Crippen LogP contribution in [0.25, 0.3) is 5.82 Å². The van der Waals surface area contributed by atoms with E-state index in [1.165, 1.54) is 12.8 Å². The number of hydrogen-bond acceptors (Lipinski definition) is 5. The molecule has 26 heavy (non-hydrogen) atoms. The van der Waals surface area contributed by atoms with E-state index >= 15 is 0 Å². The number of dihydropyridines is 1. The van der Waals surface area contributed by atoms with Gasteiger partial charge in [-0.2, -0.15) is 0 Å². The van der Waals surface area contributed by atoms with Crippen molar-refractivity contribution in [3.63, 3.8) is 0 Å². The van der Waals surface area contributed by atoms with Gasteiger partial charge in [-0.15, -0.1) is 0 Å². The predicted octanol–water partition coefficient (Wildman–Crippen LogP) is 2.91. The molecule has 0 radical (unpaired) electrons. The minimum Gasteiger partial charge on any atom is -0.454 e. The first kappa shape index (κ1) is 15.5. The van der Waals surface area contributed by atoms with E-state index in [9.17, 15) is 0 Å². The van der Waals surface area contributed by atoms with Gasteiger partial charge in [0.15, 0.2) is 11.5 Å². The van der Waals surface area contributed by atoms with Crippen LogP contribution in [0.15, 0.2) is 55.1 Å². The average molecular weight is 350 g/mol. The molecular weight excluding hydrogens is 328 g/mol. The van der Waals surface area contributed by atoms with Gasteiger partial charge in [-0.05, 0) is 44.1 Å². The van der Waals surface area contributed by atoms with Crippen molar-refractivity contribution in [3.8, 4) is 11.5 Å². The Balaban J connectivity index is 1.61. The van der Waals surface area contributed by atoms with Crippen molar-refractivity contribution in [1.82, 2.24) is 19.8 Å². The van der Waals surface area contributed by atoms with Gasteiger partial charge in [0, 0.05) is 30.5 Å².